The number of carbonyl (C=O) groups excluding carboxylic acids is 2. The maximum Gasteiger partial charge on any atom is 0.472 e. The van der Waals surface area contributed by atoms with E-state index >= 15 is 0 Å². The molecule has 0 aliphatic rings. The number of rotatable bonds is 35. The molecule has 322 valence electrons. The number of phosphoric acid groups is 1. The van der Waals surface area contributed by atoms with Crippen LogP contribution in [-0.4, -0.2) is 86.1 Å². The average molecular weight is 817 g/mol. The minimum atomic E-state index is -4.42. The molecule has 0 fully saturated rings. The van der Waals surface area contributed by atoms with Crippen LogP contribution in [0.3, 0.4) is 0 Å². The second kappa shape index (κ2) is 36.9. The van der Waals surface area contributed by atoms with Crippen LogP contribution in [0.1, 0.15) is 110 Å². The van der Waals surface area contributed by atoms with Crippen molar-refractivity contribution in [1.82, 2.24) is 0 Å². The third-order valence-corrected chi connectivity index (χ3v) is 8.86. The minimum Gasteiger partial charge on any atom is -0.462 e. The molecule has 0 saturated carbocycles. The van der Waals surface area contributed by atoms with Crippen molar-refractivity contribution in [3.05, 3.63) is 109 Å². The first-order chi connectivity index (χ1) is 27.4. The van der Waals surface area contributed by atoms with Gasteiger partial charge >= 0.3 is 19.8 Å². The Morgan fingerprint density at radius 1 is 0.632 bits per heavy atom. The van der Waals surface area contributed by atoms with Crippen LogP contribution in [-0.2, 0) is 32.7 Å². The van der Waals surface area contributed by atoms with E-state index in [0.29, 0.717) is 36.7 Å². The van der Waals surface area contributed by atoms with Crippen molar-refractivity contribution in [2.45, 2.75) is 122 Å². The molecule has 11 heteroatoms. The van der Waals surface area contributed by atoms with Gasteiger partial charge in [0.25, 0.3) is 0 Å². The van der Waals surface area contributed by atoms with Gasteiger partial charge in [-0.05, 0) is 83.5 Å². The zero-order chi connectivity index (χ0) is 42.3. The molecular formula is C46H75NO9P+. The number of unbranched alkanes of at least 4 members (excludes halogenated alkanes) is 3. The Balaban J connectivity index is 4.63. The number of carbonyl (C=O) groups is 2. The molecule has 0 aromatic carbocycles. The molecule has 0 aliphatic heterocycles. The number of phosphoric ester groups is 1. The Morgan fingerprint density at radius 3 is 1.75 bits per heavy atom. The summed E-state index contributed by atoms with van der Waals surface area (Å²) in [7, 11) is 1.37. The summed E-state index contributed by atoms with van der Waals surface area (Å²) in [4.78, 5) is 35.3. The van der Waals surface area contributed by atoms with Crippen LogP contribution >= 0.6 is 7.82 Å². The van der Waals surface area contributed by atoms with Crippen LogP contribution in [0.2, 0.25) is 0 Å². The van der Waals surface area contributed by atoms with Gasteiger partial charge < -0.3 is 24.0 Å². The van der Waals surface area contributed by atoms with Gasteiger partial charge in [-0.15, -0.1) is 0 Å². The number of hydrogen-bond acceptors (Lipinski definition) is 8. The van der Waals surface area contributed by atoms with Gasteiger partial charge in [0.15, 0.2) is 6.10 Å². The van der Waals surface area contributed by atoms with Gasteiger partial charge in [-0.1, -0.05) is 123 Å². The number of likely N-dealkylation sites (N-methyl/N-ethyl adjacent to an activating group) is 1. The summed E-state index contributed by atoms with van der Waals surface area (Å²) in [6.45, 7) is 3.89. The van der Waals surface area contributed by atoms with Crippen LogP contribution < -0.4 is 0 Å². The van der Waals surface area contributed by atoms with Crippen molar-refractivity contribution in [3.8, 4) is 0 Å². The normalized spacial score (nSPS) is 15.3. The Labute approximate surface area is 345 Å². The van der Waals surface area contributed by atoms with E-state index in [-0.39, 0.29) is 26.1 Å². The molecule has 0 heterocycles. The first-order valence-electron chi connectivity index (χ1n) is 20.7. The molecule has 0 saturated heterocycles. The van der Waals surface area contributed by atoms with Crippen molar-refractivity contribution in [3.63, 3.8) is 0 Å². The summed E-state index contributed by atoms with van der Waals surface area (Å²) in [6.07, 6.45) is 46.4. The van der Waals surface area contributed by atoms with Crippen molar-refractivity contribution in [2.75, 3.05) is 47.5 Å². The van der Waals surface area contributed by atoms with Crippen LogP contribution in [0.25, 0.3) is 0 Å². The van der Waals surface area contributed by atoms with Gasteiger partial charge in [0, 0.05) is 12.8 Å². The van der Waals surface area contributed by atoms with Crippen molar-refractivity contribution in [1.29, 1.82) is 0 Å². The zero-order valence-electron chi connectivity index (χ0n) is 35.6. The smallest absolute Gasteiger partial charge is 0.462 e. The molecule has 0 bridgehead atoms. The molecule has 0 spiro atoms. The second-order valence-corrected chi connectivity index (χ2v) is 15.9. The topological polar surface area (TPSA) is 129 Å². The summed E-state index contributed by atoms with van der Waals surface area (Å²) >= 11 is 0. The fraction of sp³-hybridized carbons (Fsp3) is 0.565. The van der Waals surface area contributed by atoms with Crippen LogP contribution in [0.5, 0.6) is 0 Å². The molecule has 0 rings (SSSR count). The first-order valence-corrected chi connectivity index (χ1v) is 22.2. The lowest BCUT2D eigenvalue weighted by molar-refractivity contribution is -0.870. The fourth-order valence-electron chi connectivity index (χ4n) is 4.65. The van der Waals surface area contributed by atoms with E-state index in [1.807, 2.05) is 76.7 Å². The number of nitrogens with zero attached hydrogens (tertiary/aromatic N) is 1. The molecule has 0 aliphatic carbocycles. The van der Waals surface area contributed by atoms with Crippen molar-refractivity contribution in [2.24, 2.45) is 0 Å². The van der Waals surface area contributed by atoms with E-state index in [1.54, 1.807) is 0 Å². The van der Waals surface area contributed by atoms with Crippen LogP contribution in [0, 0.1) is 0 Å². The van der Waals surface area contributed by atoms with Crippen molar-refractivity contribution < 1.29 is 47.2 Å². The molecule has 0 radical (unpaired) electrons. The van der Waals surface area contributed by atoms with Gasteiger partial charge in [-0.2, -0.15) is 0 Å². The summed E-state index contributed by atoms with van der Waals surface area (Å²) in [5.41, 5.74) is 0. The predicted octanol–water partition coefficient (Wildman–Crippen LogP) is 10.5. The van der Waals surface area contributed by atoms with Crippen molar-refractivity contribution >= 4 is 19.8 Å². The predicted molar refractivity (Wildman–Crippen MR) is 234 cm³/mol. The zero-order valence-corrected chi connectivity index (χ0v) is 36.5. The molecule has 2 N–H and O–H groups in total. The first kappa shape index (κ1) is 53.6. The molecule has 0 aromatic rings. The molecular weight excluding hydrogens is 741 g/mol. The van der Waals surface area contributed by atoms with Crippen LogP contribution in [0.15, 0.2) is 109 Å². The third-order valence-electron chi connectivity index (χ3n) is 7.87. The third kappa shape index (κ3) is 40.6. The lowest BCUT2D eigenvalue weighted by Crippen LogP contribution is -2.37. The maximum absolute atomic E-state index is 12.6. The van der Waals surface area contributed by atoms with Gasteiger partial charge in [0.2, 0.25) is 0 Å². The maximum atomic E-state index is 12.6. The van der Waals surface area contributed by atoms with E-state index in [9.17, 15) is 24.2 Å². The number of quaternary nitrogens is 1. The Bertz CT molecular complexity index is 1350. The Kier molecular flexibility index (Phi) is 34.8. The molecule has 0 amide bonds. The van der Waals surface area contributed by atoms with Crippen LogP contribution in [0.4, 0.5) is 0 Å². The largest absolute Gasteiger partial charge is 0.472 e. The summed E-state index contributed by atoms with van der Waals surface area (Å²) in [5, 5.41) is 9.77. The monoisotopic (exact) mass is 817 g/mol. The number of ether oxygens (including phenoxy) is 2. The SMILES string of the molecule is CC/C=C\C/C=C\C/C=C\C/C=C\CCCCC(=O)OC[C@H](COP(=O)(O)OCC[N+](C)(C)C)OC(=O)CCC/C=C\C/C=C\C/C=C\C=C\CC(O)/C=C\CC. The molecule has 3 atom stereocenters. The van der Waals surface area contributed by atoms with E-state index < -0.39 is 38.6 Å². The Hall–Kier alpha value is -3.37. The lowest BCUT2D eigenvalue weighted by atomic mass is 10.2. The summed E-state index contributed by atoms with van der Waals surface area (Å²) in [5.74, 6) is -0.955. The van der Waals surface area contributed by atoms with Gasteiger partial charge in [0.05, 0.1) is 33.9 Å². The molecule has 57 heavy (non-hydrogen) atoms. The molecule has 0 aromatic heterocycles. The number of allylic oxidation sites excluding steroid dienone is 16. The number of hydrogen-bond donors (Lipinski definition) is 2. The van der Waals surface area contributed by atoms with E-state index in [0.717, 1.165) is 57.8 Å². The second-order valence-electron chi connectivity index (χ2n) is 14.5. The lowest BCUT2D eigenvalue weighted by Gasteiger charge is -2.24. The van der Waals surface area contributed by atoms with Gasteiger partial charge in [-0.25, -0.2) is 4.57 Å². The van der Waals surface area contributed by atoms with Gasteiger partial charge in [-0.3, -0.25) is 18.6 Å². The molecule has 10 nitrogen and oxygen atoms in total. The quantitative estimate of drug-likeness (QED) is 0.0160. The average Bonchev–Trinajstić information content (AvgIpc) is 3.16. The summed E-state index contributed by atoms with van der Waals surface area (Å²) < 4.78 is 34.1. The molecule has 2 unspecified atom stereocenters. The highest BCUT2D eigenvalue weighted by Gasteiger charge is 2.27. The minimum absolute atomic E-state index is 0.000342. The standard InChI is InChI=1S/C46H74NO9P/c1-6-8-10-11-12-13-14-15-16-17-21-24-27-30-33-37-45(49)53-41-44(42-55-57(51,52)54-40-39-47(3,4)5)56-46(50)38-34-31-28-25-22-19-18-20-23-26-29-32-36-43(48)35-9-7-2/h8-10,12-13,15-16,18-19,21,23-26,28-29,32,35,43-44,48H,6-7,11,14,17,20,22,27,30-31,33-34,36-42H2,1-5H3/p+1/b10-8-,13-12-,16-15-,19-18-,24-21-,26-23-,28-25-,32-29+,35-9-/t43?,44-/m1/s1. The highest BCUT2D eigenvalue weighted by atomic mass is 31.2. The highest BCUT2D eigenvalue weighted by molar-refractivity contribution is 7.47. The highest BCUT2D eigenvalue weighted by Crippen LogP contribution is 2.43. The van der Waals surface area contributed by atoms with E-state index in [2.05, 4.69) is 67.7 Å². The Morgan fingerprint density at radius 2 is 1.16 bits per heavy atom. The van der Waals surface area contributed by atoms with E-state index in [4.69, 9.17) is 18.5 Å². The summed E-state index contributed by atoms with van der Waals surface area (Å²) in [6, 6.07) is 0. The fourth-order valence-corrected chi connectivity index (χ4v) is 5.39. The van der Waals surface area contributed by atoms with E-state index in [1.165, 1.54) is 0 Å². The number of aliphatic hydroxyl groups is 1. The number of esters is 2. The number of aliphatic hydroxyl groups excluding tert-OH is 1. The van der Waals surface area contributed by atoms with Gasteiger partial charge in [0.1, 0.15) is 19.8 Å².